The van der Waals surface area contributed by atoms with E-state index in [9.17, 15) is 14.7 Å². The summed E-state index contributed by atoms with van der Waals surface area (Å²) in [6.07, 6.45) is 2.78. The number of carbonyl (C=O) groups is 2. The van der Waals surface area contributed by atoms with Crippen molar-refractivity contribution in [1.82, 2.24) is 10.2 Å². The molecule has 7 heteroatoms. The van der Waals surface area contributed by atoms with Crippen LogP contribution in [0.5, 0.6) is 0 Å². The largest absolute Gasteiger partial charge is 0.479 e. The maximum atomic E-state index is 11.8. The molecule has 3 N–H and O–H groups in total. The Balaban J connectivity index is 4.36. The van der Waals surface area contributed by atoms with E-state index in [1.54, 1.807) is 18.8 Å². The summed E-state index contributed by atoms with van der Waals surface area (Å²) >= 11 is 1.64. The van der Waals surface area contributed by atoms with Gasteiger partial charge >= 0.3 is 12.0 Å². The van der Waals surface area contributed by atoms with E-state index in [-0.39, 0.29) is 18.6 Å². The number of nitrogens with zero attached hydrogens (tertiary/aromatic N) is 1. The number of carboxylic acids is 1. The summed E-state index contributed by atoms with van der Waals surface area (Å²) in [4.78, 5) is 24.0. The first-order valence-corrected chi connectivity index (χ1v) is 7.11. The van der Waals surface area contributed by atoms with E-state index in [2.05, 4.69) is 5.32 Å². The Labute approximate surface area is 112 Å². The number of aliphatic carboxylic acids is 1. The highest BCUT2D eigenvalue weighted by Crippen LogP contribution is 2.09. The second kappa shape index (κ2) is 7.48. The quantitative estimate of drug-likeness (QED) is 0.634. The lowest BCUT2D eigenvalue weighted by atomic mass is 10.1. The number of nitrogens with one attached hydrogen (secondary N) is 1. The molecule has 0 saturated carbocycles. The third-order valence-corrected chi connectivity index (χ3v) is 3.46. The maximum Gasteiger partial charge on any atom is 0.337 e. The number of hydrogen-bond acceptors (Lipinski definition) is 4. The van der Waals surface area contributed by atoms with Crippen molar-refractivity contribution in [2.75, 3.05) is 25.6 Å². The van der Waals surface area contributed by atoms with E-state index in [1.165, 1.54) is 4.90 Å². The number of rotatable bonds is 7. The second-order valence-electron chi connectivity index (χ2n) is 4.37. The minimum atomic E-state index is -1.95. The van der Waals surface area contributed by atoms with E-state index < -0.39 is 11.6 Å². The number of aliphatic hydroxyl groups is 1. The van der Waals surface area contributed by atoms with Gasteiger partial charge in [0.1, 0.15) is 0 Å². The summed E-state index contributed by atoms with van der Waals surface area (Å²) in [5.41, 5.74) is -1.95. The van der Waals surface area contributed by atoms with Crippen LogP contribution in [-0.2, 0) is 4.79 Å². The van der Waals surface area contributed by atoms with Crippen LogP contribution in [0.2, 0.25) is 0 Å². The zero-order chi connectivity index (χ0) is 14.3. The van der Waals surface area contributed by atoms with Gasteiger partial charge in [-0.2, -0.15) is 11.8 Å². The third-order valence-electron chi connectivity index (χ3n) is 2.74. The molecule has 0 aliphatic rings. The van der Waals surface area contributed by atoms with Crippen molar-refractivity contribution in [2.45, 2.75) is 31.9 Å². The average molecular weight is 278 g/mol. The van der Waals surface area contributed by atoms with Gasteiger partial charge in [-0.3, -0.25) is 0 Å². The molecule has 0 aromatic carbocycles. The lowest BCUT2D eigenvalue weighted by molar-refractivity contribution is -0.155. The average Bonchev–Trinajstić information content (AvgIpc) is 2.32. The molecule has 0 heterocycles. The standard InChI is InChI=1S/C11H22N2O4S/c1-5-8(6-18-4)13(3)10(16)12-7-11(2,17)9(14)15/h8,17H,5-7H2,1-4H3,(H,12,16)(H,14,15). The molecule has 2 atom stereocenters. The monoisotopic (exact) mass is 278 g/mol. The van der Waals surface area contributed by atoms with Crippen molar-refractivity contribution in [3.05, 3.63) is 0 Å². The Kier molecular flexibility index (Phi) is 7.08. The van der Waals surface area contributed by atoms with E-state index in [4.69, 9.17) is 5.11 Å². The lowest BCUT2D eigenvalue weighted by Gasteiger charge is -2.28. The number of carboxylic acid groups (broad SMARTS) is 1. The third kappa shape index (κ3) is 5.14. The first kappa shape index (κ1) is 17.1. The molecule has 0 fully saturated rings. The van der Waals surface area contributed by atoms with Gasteiger partial charge in [0.25, 0.3) is 0 Å². The molecule has 0 rings (SSSR count). The van der Waals surface area contributed by atoms with E-state index in [1.807, 2.05) is 13.2 Å². The highest BCUT2D eigenvalue weighted by molar-refractivity contribution is 7.98. The summed E-state index contributed by atoms with van der Waals surface area (Å²) in [5, 5.41) is 20.6. The van der Waals surface area contributed by atoms with Crippen LogP contribution in [0.25, 0.3) is 0 Å². The van der Waals surface area contributed by atoms with Crippen molar-refractivity contribution in [1.29, 1.82) is 0 Å². The normalized spacial score (nSPS) is 15.6. The molecule has 0 saturated heterocycles. The fourth-order valence-corrected chi connectivity index (χ4v) is 2.15. The number of amides is 2. The predicted octanol–water partition coefficient (Wildman–Crippen LogP) is 0.605. The Morgan fingerprint density at radius 3 is 2.44 bits per heavy atom. The number of hydrogen-bond donors (Lipinski definition) is 3. The molecule has 2 amide bonds. The molecular formula is C11H22N2O4S. The molecule has 0 radical (unpaired) electrons. The minimum Gasteiger partial charge on any atom is -0.479 e. The number of carbonyl (C=O) groups excluding carboxylic acids is 1. The van der Waals surface area contributed by atoms with Gasteiger partial charge in [0.15, 0.2) is 5.60 Å². The Morgan fingerprint density at radius 1 is 1.50 bits per heavy atom. The van der Waals surface area contributed by atoms with Crippen LogP contribution in [0.1, 0.15) is 20.3 Å². The van der Waals surface area contributed by atoms with Crippen molar-refractivity contribution in [3.63, 3.8) is 0 Å². The fourth-order valence-electron chi connectivity index (χ4n) is 1.31. The van der Waals surface area contributed by atoms with Gasteiger partial charge < -0.3 is 20.4 Å². The fraction of sp³-hybridized carbons (Fsp3) is 0.818. The summed E-state index contributed by atoms with van der Waals surface area (Å²) in [6.45, 7) is 2.81. The highest BCUT2D eigenvalue weighted by atomic mass is 32.2. The topological polar surface area (TPSA) is 89.9 Å². The molecule has 0 spiro atoms. The smallest absolute Gasteiger partial charge is 0.337 e. The molecule has 0 aromatic heterocycles. The zero-order valence-corrected chi connectivity index (χ0v) is 12.1. The van der Waals surface area contributed by atoms with Crippen LogP contribution >= 0.6 is 11.8 Å². The Morgan fingerprint density at radius 2 is 2.06 bits per heavy atom. The van der Waals surface area contributed by atoms with Crippen LogP contribution in [0.4, 0.5) is 4.79 Å². The van der Waals surface area contributed by atoms with Gasteiger partial charge in [0.2, 0.25) is 0 Å². The van der Waals surface area contributed by atoms with E-state index in [0.29, 0.717) is 0 Å². The number of urea groups is 1. The van der Waals surface area contributed by atoms with Crippen molar-refractivity contribution >= 4 is 23.8 Å². The van der Waals surface area contributed by atoms with E-state index >= 15 is 0 Å². The second-order valence-corrected chi connectivity index (χ2v) is 5.28. The highest BCUT2D eigenvalue weighted by Gasteiger charge is 2.31. The predicted molar refractivity (Wildman–Crippen MR) is 71.9 cm³/mol. The van der Waals surface area contributed by atoms with Crippen LogP contribution in [0, 0.1) is 0 Å². The van der Waals surface area contributed by atoms with Crippen LogP contribution < -0.4 is 5.32 Å². The van der Waals surface area contributed by atoms with Crippen LogP contribution in [0.3, 0.4) is 0 Å². The summed E-state index contributed by atoms with van der Waals surface area (Å²) in [6, 6.07) is -0.285. The first-order valence-electron chi connectivity index (χ1n) is 5.71. The van der Waals surface area contributed by atoms with Gasteiger partial charge in [-0.25, -0.2) is 9.59 Å². The van der Waals surface area contributed by atoms with Crippen LogP contribution in [0.15, 0.2) is 0 Å². The van der Waals surface area contributed by atoms with E-state index in [0.717, 1.165) is 19.1 Å². The van der Waals surface area contributed by atoms with Crippen molar-refractivity contribution < 1.29 is 19.8 Å². The Bertz CT molecular complexity index is 297. The molecule has 106 valence electrons. The van der Waals surface area contributed by atoms with Crippen molar-refractivity contribution in [3.8, 4) is 0 Å². The molecular weight excluding hydrogens is 256 g/mol. The molecule has 0 aliphatic heterocycles. The molecule has 18 heavy (non-hydrogen) atoms. The van der Waals surface area contributed by atoms with Gasteiger partial charge in [0.05, 0.1) is 6.54 Å². The molecule has 0 aliphatic carbocycles. The molecule has 6 nitrogen and oxygen atoms in total. The zero-order valence-electron chi connectivity index (χ0n) is 11.3. The van der Waals surface area contributed by atoms with Gasteiger partial charge in [-0.1, -0.05) is 6.92 Å². The summed E-state index contributed by atoms with van der Waals surface area (Å²) in [5.74, 6) is -0.544. The molecule has 0 bridgehead atoms. The van der Waals surface area contributed by atoms with Gasteiger partial charge in [-0.15, -0.1) is 0 Å². The minimum absolute atomic E-state index is 0.0924. The summed E-state index contributed by atoms with van der Waals surface area (Å²) in [7, 11) is 1.66. The van der Waals surface area contributed by atoms with Gasteiger partial charge in [-0.05, 0) is 19.6 Å². The van der Waals surface area contributed by atoms with Crippen molar-refractivity contribution in [2.24, 2.45) is 0 Å². The molecule has 0 aromatic rings. The van der Waals surface area contributed by atoms with Gasteiger partial charge in [0, 0.05) is 18.8 Å². The Hall–Kier alpha value is -0.950. The maximum absolute atomic E-state index is 11.8. The number of thioether (sulfide) groups is 1. The lowest BCUT2D eigenvalue weighted by Crippen LogP contribution is -2.51. The SMILES string of the molecule is CCC(CSC)N(C)C(=O)NCC(C)(O)C(=O)O. The van der Waals surface area contributed by atoms with Crippen LogP contribution in [-0.4, -0.2) is 64.4 Å². The first-order chi connectivity index (χ1) is 8.26. The molecule has 2 unspecified atom stereocenters. The summed E-state index contributed by atoms with van der Waals surface area (Å²) < 4.78 is 0.